The van der Waals surface area contributed by atoms with Crippen LogP contribution >= 0.6 is 0 Å². The highest BCUT2D eigenvalue weighted by Gasteiger charge is 2.30. The predicted molar refractivity (Wildman–Crippen MR) is 129 cm³/mol. The molecule has 0 bridgehead atoms. The second-order valence-electron chi connectivity index (χ2n) is 10.8. The van der Waals surface area contributed by atoms with Crippen LogP contribution in [0.2, 0.25) is 0 Å². The van der Waals surface area contributed by atoms with Gasteiger partial charge in [-0.1, -0.05) is 47.6 Å². The summed E-state index contributed by atoms with van der Waals surface area (Å²) in [6.45, 7) is 14.9. The van der Waals surface area contributed by atoms with E-state index in [4.69, 9.17) is 4.74 Å². The Kier molecular flexibility index (Phi) is 7.03. The first kappa shape index (κ1) is 26.0. The largest absolute Gasteiger partial charge is 0.507 e. The summed E-state index contributed by atoms with van der Waals surface area (Å²) in [7, 11) is 0. The van der Waals surface area contributed by atoms with Gasteiger partial charge in [-0.15, -0.1) is 0 Å². The van der Waals surface area contributed by atoms with Gasteiger partial charge in [0, 0.05) is 17.2 Å². The lowest BCUT2D eigenvalue weighted by Crippen LogP contribution is -2.37. The Labute approximate surface area is 195 Å². The Morgan fingerprint density at radius 3 is 1.79 bits per heavy atom. The van der Waals surface area contributed by atoms with E-state index in [1.54, 1.807) is 6.08 Å². The van der Waals surface area contributed by atoms with Gasteiger partial charge in [0.2, 0.25) is 0 Å². The van der Waals surface area contributed by atoms with E-state index in [0.717, 1.165) is 16.7 Å². The molecule has 0 atom stereocenters. The van der Waals surface area contributed by atoms with Crippen LogP contribution in [0, 0.1) is 0 Å². The Morgan fingerprint density at radius 1 is 0.848 bits per heavy atom. The van der Waals surface area contributed by atoms with Gasteiger partial charge in [-0.3, -0.25) is 4.79 Å². The minimum atomic E-state index is -1.48. The summed E-state index contributed by atoms with van der Waals surface area (Å²) < 4.78 is 5.40. The lowest BCUT2D eigenvalue weighted by molar-refractivity contribution is -0.152. The van der Waals surface area contributed by atoms with Crippen molar-refractivity contribution in [2.75, 3.05) is 0 Å². The number of carbonyl (C=O) groups is 2. The van der Waals surface area contributed by atoms with E-state index < -0.39 is 17.4 Å². The third-order valence-electron chi connectivity index (χ3n) is 5.30. The number of carboxylic acid groups (broad SMARTS) is 1. The Bertz CT molecular complexity index is 1060. The predicted octanol–water partition coefficient (Wildman–Crippen LogP) is 5.83. The number of rotatable bonds is 6. The van der Waals surface area contributed by atoms with Crippen molar-refractivity contribution in [3.05, 3.63) is 58.7 Å². The zero-order valence-corrected chi connectivity index (χ0v) is 20.6. The van der Waals surface area contributed by atoms with Crippen LogP contribution in [0.3, 0.4) is 0 Å². The molecule has 0 saturated heterocycles. The van der Waals surface area contributed by atoms with Gasteiger partial charge < -0.3 is 20.1 Å². The molecule has 0 amide bonds. The van der Waals surface area contributed by atoms with Crippen LogP contribution in [0.15, 0.2) is 36.4 Å². The van der Waals surface area contributed by atoms with Crippen molar-refractivity contribution in [2.24, 2.45) is 0 Å². The van der Waals surface area contributed by atoms with E-state index in [1.807, 2.05) is 53.7 Å². The molecule has 0 aromatic heterocycles. The number of ketones is 1. The normalized spacial score (nSPS) is 12.7. The van der Waals surface area contributed by atoms with Gasteiger partial charge in [0.25, 0.3) is 0 Å². The minimum absolute atomic E-state index is 0.0672. The summed E-state index contributed by atoms with van der Waals surface area (Å²) in [6, 6.07) is 7.79. The third kappa shape index (κ3) is 6.15. The second-order valence-corrected chi connectivity index (χ2v) is 10.8. The zero-order valence-electron chi connectivity index (χ0n) is 20.6. The molecule has 0 aliphatic heterocycles. The van der Waals surface area contributed by atoms with Gasteiger partial charge in [-0.05, 0) is 60.6 Å². The highest BCUT2D eigenvalue weighted by molar-refractivity contribution is 6.08. The van der Waals surface area contributed by atoms with Crippen molar-refractivity contribution in [3.63, 3.8) is 0 Å². The quantitative estimate of drug-likeness (QED) is 0.375. The third-order valence-corrected chi connectivity index (χ3v) is 5.30. The van der Waals surface area contributed by atoms with E-state index in [0.29, 0.717) is 0 Å². The fraction of sp³-hybridized carbons (Fsp3) is 0.407. The fourth-order valence-corrected chi connectivity index (χ4v) is 3.28. The second kappa shape index (κ2) is 8.93. The topological polar surface area (TPSA) is 104 Å². The monoisotopic (exact) mass is 454 g/mol. The molecule has 2 aromatic rings. The molecule has 0 saturated carbocycles. The maximum Gasteiger partial charge on any atom is 0.347 e. The van der Waals surface area contributed by atoms with E-state index in [2.05, 4.69) is 0 Å². The van der Waals surface area contributed by atoms with Crippen molar-refractivity contribution in [2.45, 2.75) is 71.8 Å². The minimum Gasteiger partial charge on any atom is -0.507 e. The lowest BCUT2D eigenvalue weighted by Gasteiger charge is -2.27. The van der Waals surface area contributed by atoms with E-state index in [9.17, 15) is 24.9 Å². The van der Waals surface area contributed by atoms with Crippen LogP contribution in [0.1, 0.15) is 82.4 Å². The number of phenols is 2. The van der Waals surface area contributed by atoms with Crippen molar-refractivity contribution in [1.82, 2.24) is 0 Å². The fourth-order valence-electron chi connectivity index (χ4n) is 3.28. The maximum atomic E-state index is 12.7. The highest BCUT2D eigenvalue weighted by Crippen LogP contribution is 2.40. The average molecular weight is 455 g/mol. The molecule has 0 aliphatic rings. The summed E-state index contributed by atoms with van der Waals surface area (Å²) >= 11 is 0. The maximum absolute atomic E-state index is 12.7. The number of ether oxygens (including phenoxy) is 1. The van der Waals surface area contributed by atoms with Crippen molar-refractivity contribution < 1.29 is 29.6 Å². The average Bonchev–Trinajstić information content (AvgIpc) is 2.64. The number of carbonyl (C=O) groups excluding carboxylic acids is 1. The lowest BCUT2D eigenvalue weighted by atomic mass is 9.78. The number of phenolic OH excluding ortho intramolecular Hbond substituents is 2. The number of carboxylic acids is 1. The molecule has 2 rings (SSSR count). The van der Waals surface area contributed by atoms with Crippen molar-refractivity contribution in [3.8, 4) is 17.2 Å². The molecule has 0 fully saturated rings. The summed E-state index contributed by atoms with van der Waals surface area (Å²) in [5.41, 5.74) is 0.328. The van der Waals surface area contributed by atoms with Gasteiger partial charge in [-0.25, -0.2) is 4.79 Å². The standard InChI is InChI=1S/C27H34O6/c1-25(2,3)19-13-16(14-20(23(19)30)26(4,5)6)9-12-21(28)18-11-10-17(15-22(18)29)33-27(7,8)24(31)32/h9-15,29-30H,1-8H3,(H,31,32). The van der Waals surface area contributed by atoms with Crippen LogP contribution in [0.5, 0.6) is 17.2 Å². The molecule has 0 spiro atoms. The molecule has 33 heavy (non-hydrogen) atoms. The summed E-state index contributed by atoms with van der Waals surface area (Å²) in [5, 5.41) is 30.3. The molecule has 0 heterocycles. The van der Waals surface area contributed by atoms with Crippen LogP contribution in [0.4, 0.5) is 0 Å². The molecule has 0 radical (unpaired) electrons. The van der Waals surface area contributed by atoms with Crippen LogP contribution in [-0.4, -0.2) is 32.7 Å². The van der Waals surface area contributed by atoms with E-state index >= 15 is 0 Å². The molecular formula is C27H34O6. The number of aliphatic carboxylic acids is 1. The van der Waals surface area contributed by atoms with Crippen LogP contribution in [0.25, 0.3) is 6.08 Å². The Hall–Kier alpha value is -3.28. The first-order chi connectivity index (χ1) is 14.9. The molecule has 2 aromatic carbocycles. The van der Waals surface area contributed by atoms with E-state index in [-0.39, 0.29) is 33.6 Å². The molecule has 0 aliphatic carbocycles. The van der Waals surface area contributed by atoms with Crippen molar-refractivity contribution >= 4 is 17.8 Å². The van der Waals surface area contributed by atoms with Gasteiger partial charge in [-0.2, -0.15) is 0 Å². The van der Waals surface area contributed by atoms with Gasteiger partial charge in [0.1, 0.15) is 17.2 Å². The summed E-state index contributed by atoms with van der Waals surface area (Å²) in [6.07, 6.45) is 3.02. The van der Waals surface area contributed by atoms with Crippen LogP contribution in [-0.2, 0) is 15.6 Å². The molecule has 0 unspecified atom stereocenters. The van der Waals surface area contributed by atoms with Crippen LogP contribution < -0.4 is 4.74 Å². The molecule has 178 valence electrons. The smallest absolute Gasteiger partial charge is 0.347 e. The van der Waals surface area contributed by atoms with E-state index in [1.165, 1.54) is 38.1 Å². The number of benzene rings is 2. The number of allylic oxidation sites excluding steroid dienone is 1. The molecule has 6 heteroatoms. The number of aromatic hydroxyl groups is 2. The summed E-state index contributed by atoms with van der Waals surface area (Å²) in [4.78, 5) is 24.0. The molecular weight excluding hydrogens is 420 g/mol. The number of hydrogen-bond donors (Lipinski definition) is 3. The molecule has 6 nitrogen and oxygen atoms in total. The van der Waals surface area contributed by atoms with Crippen molar-refractivity contribution in [1.29, 1.82) is 0 Å². The molecule has 3 N–H and O–H groups in total. The van der Waals surface area contributed by atoms with Gasteiger partial charge in [0.05, 0.1) is 5.56 Å². The number of hydrogen-bond acceptors (Lipinski definition) is 5. The van der Waals surface area contributed by atoms with Gasteiger partial charge in [0.15, 0.2) is 11.4 Å². The van der Waals surface area contributed by atoms with Gasteiger partial charge >= 0.3 is 5.97 Å². The first-order valence-electron chi connectivity index (χ1n) is 10.8. The summed E-state index contributed by atoms with van der Waals surface area (Å²) in [5.74, 6) is -1.47. The SMILES string of the molecule is CC(C)(Oc1ccc(C(=O)C=Cc2cc(C(C)(C)C)c(O)c(C(C)(C)C)c2)c(O)c1)C(=O)O. The zero-order chi connectivity index (χ0) is 25.4. The first-order valence-corrected chi connectivity index (χ1v) is 10.8. The Balaban J connectivity index is 2.38. The highest BCUT2D eigenvalue weighted by atomic mass is 16.5. The Morgan fingerprint density at radius 2 is 1.36 bits per heavy atom.